The molecule has 0 aliphatic carbocycles. The first-order valence-electron chi connectivity index (χ1n) is 9.60. The molecule has 30 heavy (non-hydrogen) atoms. The van der Waals surface area contributed by atoms with Gasteiger partial charge >= 0.3 is 5.97 Å². The van der Waals surface area contributed by atoms with E-state index in [2.05, 4.69) is 5.32 Å². The van der Waals surface area contributed by atoms with Gasteiger partial charge < -0.3 is 19.9 Å². The first-order valence-corrected chi connectivity index (χ1v) is 10.8. The van der Waals surface area contributed by atoms with Crippen molar-refractivity contribution in [3.8, 4) is 11.5 Å². The van der Waals surface area contributed by atoms with E-state index >= 15 is 0 Å². The van der Waals surface area contributed by atoms with E-state index < -0.39 is 17.9 Å². The molecule has 2 aromatic carbocycles. The molecule has 0 saturated heterocycles. The number of ether oxygens (including phenoxy) is 2. The Hall–Kier alpha value is -2.93. The average Bonchev–Trinajstić information content (AvgIpc) is 2.77. The molecule has 2 rings (SSSR count). The molecule has 0 aliphatic heterocycles. The van der Waals surface area contributed by atoms with Crippen molar-refractivity contribution >= 4 is 35.3 Å². The molecule has 0 fully saturated rings. The number of nitrogens with one attached hydrogen (secondary N) is 1. The van der Waals surface area contributed by atoms with Crippen LogP contribution in [0.25, 0.3) is 11.6 Å². The van der Waals surface area contributed by atoms with Gasteiger partial charge in [-0.1, -0.05) is 43.3 Å². The van der Waals surface area contributed by atoms with Gasteiger partial charge in [0.25, 0.3) is 5.91 Å². The number of hydrogen-bond donors (Lipinski definition) is 2. The number of thioether (sulfide) groups is 1. The molecule has 1 atom stereocenters. The highest BCUT2D eigenvalue weighted by Crippen LogP contribution is 2.29. The van der Waals surface area contributed by atoms with E-state index in [1.165, 1.54) is 0 Å². The fraction of sp³-hybridized carbons (Fsp3) is 0.304. The number of rotatable bonds is 11. The standard InChI is InChI=1S/C23H27NO5S/c1-4-30-13-12-19(23(26)27)24-22(25)18(17-8-6-5-7-9-17)14-16-10-11-20(28-2)21(15-16)29-3/h5-11,14-15,19H,4,12-13H2,1-3H3,(H,24,25)(H,26,27)/b18-14+. The number of carboxylic acid groups (broad SMARTS) is 1. The second-order valence-electron chi connectivity index (χ2n) is 6.39. The van der Waals surface area contributed by atoms with E-state index in [9.17, 15) is 14.7 Å². The van der Waals surface area contributed by atoms with Crippen LogP contribution in [0.2, 0.25) is 0 Å². The molecule has 0 saturated carbocycles. The first-order chi connectivity index (χ1) is 14.5. The summed E-state index contributed by atoms with van der Waals surface area (Å²) in [4.78, 5) is 24.7. The summed E-state index contributed by atoms with van der Waals surface area (Å²) in [5.41, 5.74) is 1.80. The highest BCUT2D eigenvalue weighted by atomic mass is 32.2. The van der Waals surface area contributed by atoms with Crippen molar-refractivity contribution in [2.75, 3.05) is 25.7 Å². The first kappa shape index (κ1) is 23.3. The predicted molar refractivity (Wildman–Crippen MR) is 121 cm³/mol. The van der Waals surface area contributed by atoms with Crippen LogP contribution in [0.5, 0.6) is 11.5 Å². The van der Waals surface area contributed by atoms with Gasteiger partial charge in [0.2, 0.25) is 0 Å². The molecule has 0 aromatic heterocycles. The van der Waals surface area contributed by atoms with Crippen molar-refractivity contribution in [2.24, 2.45) is 0 Å². The lowest BCUT2D eigenvalue weighted by molar-refractivity contribution is -0.141. The van der Waals surface area contributed by atoms with Crippen molar-refractivity contribution in [1.82, 2.24) is 5.32 Å². The number of carboxylic acids is 1. The van der Waals surface area contributed by atoms with Crippen LogP contribution in [0.15, 0.2) is 48.5 Å². The topological polar surface area (TPSA) is 84.9 Å². The van der Waals surface area contributed by atoms with Crippen LogP contribution in [0.4, 0.5) is 0 Å². The number of benzene rings is 2. The van der Waals surface area contributed by atoms with E-state index in [-0.39, 0.29) is 0 Å². The smallest absolute Gasteiger partial charge is 0.326 e. The van der Waals surface area contributed by atoms with Gasteiger partial charge in [-0.25, -0.2) is 4.79 Å². The summed E-state index contributed by atoms with van der Waals surface area (Å²) in [7, 11) is 3.10. The summed E-state index contributed by atoms with van der Waals surface area (Å²) in [6.45, 7) is 2.01. The Labute approximate surface area is 181 Å². The Bertz CT molecular complexity index is 882. The van der Waals surface area contributed by atoms with Crippen LogP contribution < -0.4 is 14.8 Å². The second kappa shape index (κ2) is 11.9. The maximum atomic E-state index is 13.1. The normalized spacial score (nSPS) is 12.2. The fourth-order valence-corrected chi connectivity index (χ4v) is 3.54. The van der Waals surface area contributed by atoms with Crippen LogP contribution in [-0.2, 0) is 9.59 Å². The molecule has 0 heterocycles. The minimum atomic E-state index is -1.04. The van der Waals surface area contributed by atoms with Crippen LogP contribution in [0.3, 0.4) is 0 Å². The van der Waals surface area contributed by atoms with Gasteiger partial charge in [-0.05, 0) is 47.3 Å². The Balaban J connectivity index is 2.37. The molecule has 6 nitrogen and oxygen atoms in total. The SMILES string of the molecule is CCSCCC(NC(=O)/C(=C/c1ccc(OC)c(OC)c1)c1ccccc1)C(=O)O. The Morgan fingerprint density at radius 3 is 2.40 bits per heavy atom. The lowest BCUT2D eigenvalue weighted by Gasteiger charge is -2.16. The van der Waals surface area contributed by atoms with Crippen molar-refractivity contribution in [3.05, 3.63) is 59.7 Å². The molecule has 1 unspecified atom stereocenters. The minimum Gasteiger partial charge on any atom is -0.493 e. The maximum Gasteiger partial charge on any atom is 0.326 e. The summed E-state index contributed by atoms with van der Waals surface area (Å²) in [5.74, 6) is 1.20. The summed E-state index contributed by atoms with van der Waals surface area (Å²) < 4.78 is 10.6. The molecule has 0 aliphatic rings. The van der Waals surface area contributed by atoms with Crippen molar-refractivity contribution in [1.29, 1.82) is 0 Å². The highest BCUT2D eigenvalue weighted by molar-refractivity contribution is 7.99. The van der Waals surface area contributed by atoms with Gasteiger partial charge in [-0.2, -0.15) is 11.8 Å². The molecule has 2 N–H and O–H groups in total. The Morgan fingerprint density at radius 1 is 1.10 bits per heavy atom. The predicted octanol–water partition coefficient (Wildman–Crippen LogP) is 3.96. The van der Waals surface area contributed by atoms with Crippen LogP contribution in [0.1, 0.15) is 24.5 Å². The van der Waals surface area contributed by atoms with Gasteiger partial charge in [0.1, 0.15) is 6.04 Å². The molecule has 2 aromatic rings. The van der Waals surface area contributed by atoms with E-state index in [1.807, 2.05) is 43.3 Å². The van der Waals surface area contributed by atoms with Crippen molar-refractivity contribution < 1.29 is 24.2 Å². The summed E-state index contributed by atoms with van der Waals surface area (Å²) >= 11 is 1.64. The molecule has 160 valence electrons. The van der Waals surface area contributed by atoms with E-state index in [1.54, 1.807) is 44.2 Å². The summed E-state index contributed by atoms with van der Waals surface area (Å²) in [6.07, 6.45) is 2.07. The van der Waals surface area contributed by atoms with Crippen LogP contribution in [-0.4, -0.2) is 48.8 Å². The zero-order valence-corrected chi connectivity index (χ0v) is 18.2. The van der Waals surface area contributed by atoms with Crippen LogP contribution >= 0.6 is 11.8 Å². The van der Waals surface area contributed by atoms with Crippen LogP contribution in [0, 0.1) is 0 Å². The zero-order valence-electron chi connectivity index (χ0n) is 17.4. The van der Waals surface area contributed by atoms with E-state index in [4.69, 9.17) is 9.47 Å². The number of carbonyl (C=O) groups is 2. The average molecular weight is 430 g/mol. The van der Waals surface area contributed by atoms with Gasteiger partial charge in [-0.15, -0.1) is 0 Å². The molecule has 0 radical (unpaired) electrons. The van der Waals surface area contributed by atoms with Crippen molar-refractivity contribution in [3.63, 3.8) is 0 Å². The third-order valence-electron chi connectivity index (χ3n) is 4.41. The molecular weight excluding hydrogens is 402 g/mol. The molecule has 0 bridgehead atoms. The summed E-state index contributed by atoms with van der Waals surface area (Å²) in [6, 6.07) is 13.5. The summed E-state index contributed by atoms with van der Waals surface area (Å²) in [5, 5.41) is 12.2. The maximum absolute atomic E-state index is 13.1. The lowest BCUT2D eigenvalue weighted by Crippen LogP contribution is -2.41. The highest BCUT2D eigenvalue weighted by Gasteiger charge is 2.22. The monoisotopic (exact) mass is 429 g/mol. The van der Waals surface area contributed by atoms with Crippen molar-refractivity contribution in [2.45, 2.75) is 19.4 Å². The molecule has 7 heteroatoms. The third kappa shape index (κ3) is 6.56. The molecule has 0 spiro atoms. The fourth-order valence-electron chi connectivity index (χ4n) is 2.85. The number of aliphatic carboxylic acids is 1. The number of carbonyl (C=O) groups excluding carboxylic acids is 1. The van der Waals surface area contributed by atoms with Gasteiger partial charge in [0, 0.05) is 5.57 Å². The number of amides is 1. The minimum absolute atomic E-state index is 0.359. The number of methoxy groups -OCH3 is 2. The van der Waals surface area contributed by atoms with E-state index in [0.29, 0.717) is 34.8 Å². The second-order valence-corrected chi connectivity index (χ2v) is 7.78. The van der Waals surface area contributed by atoms with Gasteiger partial charge in [0.05, 0.1) is 14.2 Å². The largest absolute Gasteiger partial charge is 0.493 e. The van der Waals surface area contributed by atoms with Gasteiger partial charge in [-0.3, -0.25) is 4.79 Å². The quantitative estimate of drug-likeness (QED) is 0.320. The van der Waals surface area contributed by atoms with Gasteiger partial charge in [0.15, 0.2) is 11.5 Å². The Kier molecular flexibility index (Phi) is 9.28. The lowest BCUT2D eigenvalue weighted by atomic mass is 10.0. The zero-order chi connectivity index (χ0) is 21.9. The van der Waals surface area contributed by atoms with E-state index in [0.717, 1.165) is 11.3 Å². The molecular formula is C23H27NO5S. The number of hydrogen-bond acceptors (Lipinski definition) is 5. The molecule has 1 amide bonds. The third-order valence-corrected chi connectivity index (χ3v) is 5.34. The Morgan fingerprint density at radius 2 is 1.80 bits per heavy atom.